The minimum atomic E-state index is -1.02. The third kappa shape index (κ3) is 1.68. The lowest BCUT2D eigenvalue weighted by molar-refractivity contribution is -0.174. The molecule has 1 aliphatic heterocycles. The second kappa shape index (κ2) is 4.29. The molecule has 4 atom stereocenters. The van der Waals surface area contributed by atoms with Crippen LogP contribution >= 0.6 is 22.6 Å². The Hall–Kier alpha value is -0.920. The third-order valence-electron chi connectivity index (χ3n) is 4.38. The van der Waals surface area contributed by atoms with Crippen LogP contribution in [-0.4, -0.2) is 30.4 Å². The fourth-order valence-corrected chi connectivity index (χ4v) is 4.59. The van der Waals surface area contributed by atoms with Crippen molar-refractivity contribution >= 4 is 40.3 Å². The molecule has 1 spiro atoms. The largest absolute Gasteiger partial charge is 0.469 e. The molecule has 2 bridgehead atoms. The van der Waals surface area contributed by atoms with Gasteiger partial charge in [0.15, 0.2) is 11.4 Å². The standard InChI is InChI=1S/C13H13IO5/c1-18-12(17)7-4-8-9(14)5-6(7)11(16)13(8)3-2-10(15)19-13/h5-8H,2-4H2,1H3/t6-,7-,8-,13-/m1/s1. The predicted octanol–water partition coefficient (Wildman–Crippen LogP) is 1.39. The van der Waals surface area contributed by atoms with Gasteiger partial charge in [0.1, 0.15) is 0 Å². The Morgan fingerprint density at radius 3 is 2.84 bits per heavy atom. The molecule has 1 heterocycles. The number of hydrogen-bond acceptors (Lipinski definition) is 5. The highest BCUT2D eigenvalue weighted by molar-refractivity contribution is 14.1. The van der Waals surface area contributed by atoms with Crippen molar-refractivity contribution in [3.63, 3.8) is 0 Å². The van der Waals surface area contributed by atoms with Crippen LogP contribution in [0.5, 0.6) is 0 Å². The molecule has 6 heteroatoms. The zero-order chi connectivity index (χ0) is 13.8. The van der Waals surface area contributed by atoms with Crippen LogP contribution in [0.25, 0.3) is 0 Å². The lowest BCUT2D eigenvalue weighted by atomic mass is 9.59. The number of ketones is 1. The Labute approximate surface area is 123 Å². The van der Waals surface area contributed by atoms with Crippen molar-refractivity contribution in [2.75, 3.05) is 7.11 Å². The lowest BCUT2D eigenvalue weighted by Crippen LogP contribution is -2.58. The van der Waals surface area contributed by atoms with Gasteiger partial charge in [-0.15, -0.1) is 0 Å². The third-order valence-corrected chi connectivity index (χ3v) is 5.49. The molecule has 0 aromatic heterocycles. The van der Waals surface area contributed by atoms with E-state index in [0.717, 1.165) is 3.58 Å². The fourth-order valence-electron chi connectivity index (χ4n) is 3.45. The van der Waals surface area contributed by atoms with Crippen molar-refractivity contribution < 1.29 is 23.9 Å². The molecule has 0 aromatic carbocycles. The van der Waals surface area contributed by atoms with Crippen molar-refractivity contribution in [1.29, 1.82) is 0 Å². The van der Waals surface area contributed by atoms with E-state index in [1.165, 1.54) is 7.11 Å². The van der Waals surface area contributed by atoms with Gasteiger partial charge < -0.3 is 9.47 Å². The van der Waals surface area contributed by atoms with Gasteiger partial charge in [0.2, 0.25) is 0 Å². The number of fused-ring (bicyclic) bond motifs is 1. The molecule has 0 N–H and O–H groups in total. The maximum atomic E-state index is 12.6. The number of esters is 2. The molecule has 0 amide bonds. The van der Waals surface area contributed by atoms with Crippen molar-refractivity contribution in [2.45, 2.75) is 24.9 Å². The summed E-state index contributed by atoms with van der Waals surface area (Å²) >= 11 is 2.18. The molecule has 1 saturated heterocycles. The highest BCUT2D eigenvalue weighted by Crippen LogP contribution is 2.54. The van der Waals surface area contributed by atoms with E-state index in [9.17, 15) is 14.4 Å². The first-order chi connectivity index (χ1) is 8.99. The van der Waals surface area contributed by atoms with Crippen LogP contribution in [0.2, 0.25) is 0 Å². The van der Waals surface area contributed by atoms with E-state index in [1.54, 1.807) is 0 Å². The predicted molar refractivity (Wildman–Crippen MR) is 72.3 cm³/mol. The highest BCUT2D eigenvalue weighted by Gasteiger charge is 2.63. The molecule has 102 valence electrons. The highest BCUT2D eigenvalue weighted by atomic mass is 127. The molecular weight excluding hydrogens is 363 g/mol. The van der Waals surface area contributed by atoms with Crippen LogP contribution in [0.15, 0.2) is 9.66 Å². The maximum Gasteiger partial charge on any atom is 0.309 e. The van der Waals surface area contributed by atoms with Crippen LogP contribution in [0.3, 0.4) is 0 Å². The van der Waals surface area contributed by atoms with Gasteiger partial charge in [0, 0.05) is 18.8 Å². The molecule has 0 radical (unpaired) electrons. The number of ether oxygens (including phenoxy) is 2. The minimum absolute atomic E-state index is 0.134. The van der Waals surface area contributed by atoms with Crippen molar-refractivity contribution in [1.82, 2.24) is 0 Å². The summed E-state index contributed by atoms with van der Waals surface area (Å²) in [6.07, 6.45) is 3.06. The molecule has 5 nitrogen and oxygen atoms in total. The van der Waals surface area contributed by atoms with Crippen LogP contribution < -0.4 is 0 Å². The Bertz CT molecular complexity index is 511. The van der Waals surface area contributed by atoms with Gasteiger partial charge >= 0.3 is 11.9 Å². The van der Waals surface area contributed by atoms with E-state index in [4.69, 9.17) is 9.47 Å². The smallest absolute Gasteiger partial charge is 0.309 e. The molecule has 3 aliphatic carbocycles. The number of rotatable bonds is 1. The zero-order valence-electron chi connectivity index (χ0n) is 10.3. The summed E-state index contributed by atoms with van der Waals surface area (Å²) in [6, 6.07) is 0. The summed E-state index contributed by atoms with van der Waals surface area (Å²) < 4.78 is 11.2. The molecule has 4 aliphatic rings. The topological polar surface area (TPSA) is 69.7 Å². The number of carbonyl (C=O) groups excluding carboxylic acids is 3. The Kier molecular flexibility index (Phi) is 2.95. The summed E-state index contributed by atoms with van der Waals surface area (Å²) in [4.78, 5) is 35.8. The summed E-state index contributed by atoms with van der Waals surface area (Å²) in [5, 5.41) is 0. The molecule has 0 aromatic rings. The second-order valence-corrected chi connectivity index (χ2v) is 6.47. The molecule has 1 saturated carbocycles. The number of carbonyl (C=O) groups is 3. The Morgan fingerprint density at radius 1 is 1.53 bits per heavy atom. The Morgan fingerprint density at radius 2 is 2.26 bits per heavy atom. The van der Waals surface area contributed by atoms with Crippen molar-refractivity contribution in [2.24, 2.45) is 17.8 Å². The average molecular weight is 376 g/mol. The molecule has 4 rings (SSSR count). The fraction of sp³-hybridized carbons (Fsp3) is 0.615. The average Bonchev–Trinajstić information content (AvgIpc) is 2.77. The van der Waals surface area contributed by atoms with Crippen LogP contribution in [0.4, 0.5) is 0 Å². The molecule has 2 fully saturated rings. The quantitative estimate of drug-likeness (QED) is 0.511. The van der Waals surface area contributed by atoms with E-state index in [0.29, 0.717) is 12.8 Å². The molecule has 19 heavy (non-hydrogen) atoms. The van der Waals surface area contributed by atoms with Crippen molar-refractivity contribution in [3.05, 3.63) is 9.66 Å². The number of allylic oxidation sites excluding steroid dienone is 1. The van der Waals surface area contributed by atoms with E-state index in [1.807, 2.05) is 6.08 Å². The number of hydrogen-bond donors (Lipinski definition) is 0. The van der Waals surface area contributed by atoms with Crippen LogP contribution in [0, 0.1) is 17.8 Å². The summed E-state index contributed by atoms with van der Waals surface area (Å²) in [6.45, 7) is 0. The zero-order valence-corrected chi connectivity index (χ0v) is 12.5. The van der Waals surface area contributed by atoms with E-state index in [-0.39, 0.29) is 30.1 Å². The summed E-state index contributed by atoms with van der Waals surface area (Å²) in [7, 11) is 1.33. The van der Waals surface area contributed by atoms with E-state index < -0.39 is 17.4 Å². The van der Waals surface area contributed by atoms with Gasteiger partial charge in [-0.2, -0.15) is 0 Å². The maximum absolute atomic E-state index is 12.6. The van der Waals surface area contributed by atoms with Gasteiger partial charge in [-0.1, -0.05) is 6.08 Å². The van der Waals surface area contributed by atoms with Gasteiger partial charge in [-0.05, 0) is 32.6 Å². The first-order valence-corrected chi connectivity index (χ1v) is 7.28. The second-order valence-electron chi connectivity index (χ2n) is 5.22. The van der Waals surface area contributed by atoms with E-state index in [2.05, 4.69) is 22.6 Å². The number of halogens is 1. The van der Waals surface area contributed by atoms with E-state index >= 15 is 0 Å². The monoisotopic (exact) mass is 376 g/mol. The molecular formula is C13H13IO5. The van der Waals surface area contributed by atoms with Gasteiger partial charge in [-0.3, -0.25) is 14.4 Å². The minimum Gasteiger partial charge on any atom is -0.469 e. The van der Waals surface area contributed by atoms with Gasteiger partial charge in [-0.25, -0.2) is 0 Å². The first-order valence-electron chi connectivity index (χ1n) is 6.21. The van der Waals surface area contributed by atoms with Crippen molar-refractivity contribution in [3.8, 4) is 0 Å². The first kappa shape index (κ1) is 13.1. The normalized spacial score (nSPS) is 40.3. The number of methoxy groups -OCH3 is 1. The van der Waals surface area contributed by atoms with Crippen LogP contribution in [-0.2, 0) is 23.9 Å². The summed E-state index contributed by atoms with van der Waals surface area (Å²) in [5.74, 6) is -1.96. The van der Waals surface area contributed by atoms with Crippen LogP contribution in [0.1, 0.15) is 19.3 Å². The molecule has 0 unspecified atom stereocenters. The lowest BCUT2D eigenvalue weighted by Gasteiger charge is -2.47. The number of Topliss-reactive ketones (excluding diaryl/α,β-unsaturated/α-hetero) is 1. The summed E-state index contributed by atoms with van der Waals surface area (Å²) in [5.41, 5.74) is -1.02. The Balaban J connectivity index is 2.00. The van der Waals surface area contributed by atoms with Gasteiger partial charge in [0.05, 0.1) is 18.9 Å². The van der Waals surface area contributed by atoms with Gasteiger partial charge in [0.25, 0.3) is 0 Å². The SMILES string of the molecule is COC(=O)[C@@H]1C[C@@H]2C(I)=C[C@H]1C(=O)[C@@]21CCC(=O)O1.